The highest BCUT2D eigenvalue weighted by molar-refractivity contribution is 5.39. The number of aromatic nitrogens is 3. The maximum atomic E-state index is 5.63. The van der Waals surface area contributed by atoms with Crippen LogP contribution >= 0.6 is 0 Å². The first kappa shape index (κ1) is 14.7. The SMILES string of the molecule is COCCOc1cc(NCc2ccccn2)nc(C2CC2)n1. The van der Waals surface area contributed by atoms with Crippen LogP contribution in [0.25, 0.3) is 0 Å². The van der Waals surface area contributed by atoms with Crippen LogP contribution in [0.1, 0.15) is 30.3 Å². The standard InChI is InChI=1S/C16H20N4O2/c1-21-8-9-22-15-10-14(19-16(20-15)12-5-6-12)18-11-13-4-2-3-7-17-13/h2-4,7,10,12H,5-6,8-9,11H2,1H3,(H,18,19,20). The maximum Gasteiger partial charge on any atom is 0.218 e. The summed E-state index contributed by atoms with van der Waals surface area (Å²) in [7, 11) is 1.65. The van der Waals surface area contributed by atoms with E-state index in [2.05, 4.69) is 20.3 Å². The summed E-state index contributed by atoms with van der Waals surface area (Å²) in [6.07, 6.45) is 4.09. The van der Waals surface area contributed by atoms with Crippen molar-refractivity contribution in [3.8, 4) is 5.88 Å². The van der Waals surface area contributed by atoms with Crippen LogP contribution in [0.3, 0.4) is 0 Å². The number of rotatable bonds is 8. The molecule has 1 aliphatic rings. The lowest BCUT2D eigenvalue weighted by Crippen LogP contribution is -2.09. The molecule has 1 fully saturated rings. The molecule has 0 bridgehead atoms. The van der Waals surface area contributed by atoms with Crippen LogP contribution in [0.5, 0.6) is 5.88 Å². The van der Waals surface area contributed by atoms with E-state index in [1.165, 1.54) is 0 Å². The van der Waals surface area contributed by atoms with E-state index >= 15 is 0 Å². The molecule has 0 atom stereocenters. The van der Waals surface area contributed by atoms with E-state index in [0.29, 0.717) is 31.6 Å². The Morgan fingerprint density at radius 3 is 2.86 bits per heavy atom. The fraction of sp³-hybridized carbons (Fsp3) is 0.438. The minimum atomic E-state index is 0.473. The lowest BCUT2D eigenvalue weighted by Gasteiger charge is -2.10. The molecule has 1 saturated carbocycles. The minimum absolute atomic E-state index is 0.473. The largest absolute Gasteiger partial charge is 0.475 e. The number of pyridine rings is 1. The van der Waals surface area contributed by atoms with Crippen molar-refractivity contribution in [2.75, 3.05) is 25.6 Å². The number of nitrogens with one attached hydrogen (secondary N) is 1. The zero-order valence-electron chi connectivity index (χ0n) is 12.7. The van der Waals surface area contributed by atoms with Gasteiger partial charge in [-0.3, -0.25) is 4.98 Å². The summed E-state index contributed by atoms with van der Waals surface area (Å²) in [6, 6.07) is 7.68. The molecular formula is C16H20N4O2. The molecule has 0 unspecified atom stereocenters. The molecule has 3 rings (SSSR count). The quantitative estimate of drug-likeness (QED) is 0.755. The van der Waals surface area contributed by atoms with Crippen LogP contribution in [0, 0.1) is 0 Å². The molecule has 0 amide bonds. The van der Waals surface area contributed by atoms with Crippen molar-refractivity contribution >= 4 is 5.82 Å². The fourth-order valence-corrected chi connectivity index (χ4v) is 2.04. The highest BCUT2D eigenvalue weighted by Crippen LogP contribution is 2.39. The number of methoxy groups -OCH3 is 1. The van der Waals surface area contributed by atoms with Gasteiger partial charge in [0.2, 0.25) is 5.88 Å². The van der Waals surface area contributed by atoms with E-state index < -0.39 is 0 Å². The zero-order chi connectivity index (χ0) is 15.2. The maximum absolute atomic E-state index is 5.63. The van der Waals surface area contributed by atoms with Gasteiger partial charge in [-0.25, -0.2) is 4.98 Å². The van der Waals surface area contributed by atoms with Gasteiger partial charge in [0.15, 0.2) is 0 Å². The summed E-state index contributed by atoms with van der Waals surface area (Å²) in [6.45, 7) is 1.65. The Balaban J connectivity index is 1.68. The molecule has 0 aliphatic heterocycles. The molecule has 6 heteroatoms. The lowest BCUT2D eigenvalue weighted by atomic mass is 10.3. The summed E-state index contributed by atoms with van der Waals surface area (Å²) in [5.74, 6) is 2.70. The van der Waals surface area contributed by atoms with E-state index in [4.69, 9.17) is 9.47 Å². The molecule has 2 aromatic heterocycles. The van der Waals surface area contributed by atoms with Crippen molar-refractivity contribution in [1.29, 1.82) is 0 Å². The van der Waals surface area contributed by atoms with Crippen LogP contribution < -0.4 is 10.1 Å². The molecule has 6 nitrogen and oxygen atoms in total. The van der Waals surface area contributed by atoms with Gasteiger partial charge in [-0.1, -0.05) is 6.07 Å². The van der Waals surface area contributed by atoms with Gasteiger partial charge in [0.25, 0.3) is 0 Å². The summed E-state index contributed by atoms with van der Waals surface area (Å²) >= 11 is 0. The van der Waals surface area contributed by atoms with Crippen molar-refractivity contribution in [2.45, 2.75) is 25.3 Å². The normalized spacial score (nSPS) is 13.9. The monoisotopic (exact) mass is 300 g/mol. The van der Waals surface area contributed by atoms with Crippen LogP contribution in [-0.2, 0) is 11.3 Å². The number of ether oxygens (including phenoxy) is 2. The first-order valence-corrected chi connectivity index (χ1v) is 7.49. The van der Waals surface area contributed by atoms with Gasteiger partial charge in [0, 0.05) is 25.3 Å². The van der Waals surface area contributed by atoms with Crippen molar-refractivity contribution < 1.29 is 9.47 Å². The topological polar surface area (TPSA) is 69.2 Å². The third kappa shape index (κ3) is 4.14. The van der Waals surface area contributed by atoms with Gasteiger partial charge >= 0.3 is 0 Å². The Morgan fingerprint density at radius 2 is 2.14 bits per heavy atom. The Hall–Kier alpha value is -2.21. The molecule has 2 aromatic rings. The molecule has 22 heavy (non-hydrogen) atoms. The van der Waals surface area contributed by atoms with E-state index in [1.54, 1.807) is 13.3 Å². The average Bonchev–Trinajstić information content (AvgIpc) is 3.39. The van der Waals surface area contributed by atoms with Crippen molar-refractivity contribution in [3.63, 3.8) is 0 Å². The Labute approximate surface area is 129 Å². The van der Waals surface area contributed by atoms with Crippen molar-refractivity contribution in [3.05, 3.63) is 42.0 Å². The van der Waals surface area contributed by atoms with Crippen LogP contribution in [0.4, 0.5) is 5.82 Å². The van der Waals surface area contributed by atoms with Gasteiger partial charge in [-0.2, -0.15) is 4.98 Å². The highest BCUT2D eigenvalue weighted by atomic mass is 16.5. The molecule has 1 N–H and O–H groups in total. The van der Waals surface area contributed by atoms with Crippen molar-refractivity contribution in [1.82, 2.24) is 15.0 Å². The summed E-state index contributed by atoms with van der Waals surface area (Å²) < 4.78 is 10.6. The van der Waals surface area contributed by atoms with E-state index in [0.717, 1.165) is 30.2 Å². The number of hydrogen-bond acceptors (Lipinski definition) is 6. The molecule has 116 valence electrons. The molecule has 0 saturated heterocycles. The Kier molecular flexibility index (Phi) is 4.80. The summed E-state index contributed by atoms with van der Waals surface area (Å²) in [4.78, 5) is 13.3. The Bertz CT molecular complexity index is 602. The number of nitrogens with zero attached hydrogens (tertiary/aromatic N) is 3. The predicted octanol–water partition coefficient (Wildman–Crippen LogP) is 2.39. The van der Waals surface area contributed by atoms with E-state index in [9.17, 15) is 0 Å². The zero-order valence-corrected chi connectivity index (χ0v) is 12.7. The highest BCUT2D eigenvalue weighted by Gasteiger charge is 2.27. The predicted molar refractivity (Wildman–Crippen MR) is 82.9 cm³/mol. The second-order valence-electron chi connectivity index (χ2n) is 5.24. The van der Waals surface area contributed by atoms with E-state index in [-0.39, 0.29) is 0 Å². The number of hydrogen-bond donors (Lipinski definition) is 1. The minimum Gasteiger partial charge on any atom is -0.475 e. The van der Waals surface area contributed by atoms with Gasteiger partial charge in [0.1, 0.15) is 18.2 Å². The molecule has 2 heterocycles. The molecule has 1 aliphatic carbocycles. The van der Waals surface area contributed by atoms with Crippen LogP contribution in [0.15, 0.2) is 30.5 Å². The lowest BCUT2D eigenvalue weighted by molar-refractivity contribution is 0.143. The number of anilines is 1. The van der Waals surface area contributed by atoms with Gasteiger partial charge in [0.05, 0.1) is 18.8 Å². The average molecular weight is 300 g/mol. The van der Waals surface area contributed by atoms with Crippen LogP contribution in [0.2, 0.25) is 0 Å². The summed E-state index contributed by atoms with van der Waals surface area (Å²) in [5, 5.41) is 3.29. The summed E-state index contributed by atoms with van der Waals surface area (Å²) in [5.41, 5.74) is 0.968. The van der Waals surface area contributed by atoms with Gasteiger partial charge in [-0.05, 0) is 25.0 Å². The molecule has 0 aromatic carbocycles. The van der Waals surface area contributed by atoms with Crippen LogP contribution in [-0.4, -0.2) is 35.3 Å². The fourth-order valence-electron chi connectivity index (χ4n) is 2.04. The second-order valence-corrected chi connectivity index (χ2v) is 5.24. The van der Waals surface area contributed by atoms with E-state index in [1.807, 2.05) is 24.3 Å². The second kappa shape index (κ2) is 7.17. The molecule has 0 radical (unpaired) electrons. The Morgan fingerprint density at radius 1 is 1.23 bits per heavy atom. The first-order valence-electron chi connectivity index (χ1n) is 7.49. The van der Waals surface area contributed by atoms with Gasteiger partial charge in [-0.15, -0.1) is 0 Å². The first-order chi connectivity index (χ1) is 10.8. The molecular weight excluding hydrogens is 280 g/mol. The molecule has 0 spiro atoms. The third-order valence-corrected chi connectivity index (χ3v) is 3.38. The van der Waals surface area contributed by atoms with Gasteiger partial charge < -0.3 is 14.8 Å². The third-order valence-electron chi connectivity index (χ3n) is 3.38. The smallest absolute Gasteiger partial charge is 0.218 e. The van der Waals surface area contributed by atoms with Crippen molar-refractivity contribution in [2.24, 2.45) is 0 Å².